The van der Waals surface area contributed by atoms with Crippen molar-refractivity contribution < 1.29 is 23.4 Å². The first-order valence-electron chi connectivity index (χ1n) is 9.59. The van der Waals surface area contributed by atoms with E-state index in [2.05, 4.69) is 31.2 Å². The largest absolute Gasteiger partial charge is 0.490 e. The highest BCUT2D eigenvalue weighted by Crippen LogP contribution is 2.36. The molecule has 0 saturated carbocycles. The monoisotopic (exact) mass is 526 g/mol. The van der Waals surface area contributed by atoms with Gasteiger partial charge in [0.05, 0.1) is 10.6 Å². The van der Waals surface area contributed by atoms with Crippen LogP contribution in [0.2, 0.25) is 0 Å². The highest BCUT2D eigenvalue weighted by Gasteiger charge is 2.19. The lowest BCUT2D eigenvalue weighted by Gasteiger charge is -2.10. The van der Waals surface area contributed by atoms with E-state index >= 15 is 0 Å². The molecule has 0 unspecified atom stereocenters. The Morgan fingerprint density at radius 3 is 2.59 bits per heavy atom. The predicted molar refractivity (Wildman–Crippen MR) is 123 cm³/mol. The van der Waals surface area contributed by atoms with Crippen molar-refractivity contribution in [2.24, 2.45) is 0 Å². The van der Waals surface area contributed by atoms with Gasteiger partial charge in [0.2, 0.25) is 0 Å². The second-order valence-corrected chi connectivity index (χ2v) is 9.04. The number of aromatic nitrogens is 2. The molecular weight excluding hydrogens is 506 g/mol. The molecule has 0 aliphatic heterocycles. The standard InChI is InChI=1S/C21H21BrF2N4O3S/c1-28(2)5-6-31-17-10-18(32-20(17)21(29)30)16-9-19(27-11-26-16)25-4-3-13-14(23)7-12(22)8-15(13)24/h7-11H,3-6H2,1-2H3,(H,29,30)(H,25,26,27). The molecule has 11 heteroatoms. The zero-order valence-electron chi connectivity index (χ0n) is 17.4. The number of anilines is 1. The van der Waals surface area contributed by atoms with Gasteiger partial charge in [0.1, 0.15) is 36.1 Å². The number of nitrogens with one attached hydrogen (secondary N) is 1. The number of aromatic carboxylic acids is 1. The molecule has 0 saturated heterocycles. The number of nitrogens with zero attached hydrogens (tertiary/aromatic N) is 3. The number of hydrogen-bond donors (Lipinski definition) is 2. The first kappa shape index (κ1) is 24.0. The molecule has 2 heterocycles. The van der Waals surface area contributed by atoms with E-state index in [1.807, 2.05) is 19.0 Å². The normalized spacial score (nSPS) is 11.1. The van der Waals surface area contributed by atoms with Crippen molar-refractivity contribution in [3.8, 4) is 16.3 Å². The minimum absolute atomic E-state index is 0.0150. The summed E-state index contributed by atoms with van der Waals surface area (Å²) in [6.07, 6.45) is 1.46. The molecule has 0 amide bonds. The van der Waals surface area contributed by atoms with Crippen molar-refractivity contribution in [2.75, 3.05) is 39.1 Å². The van der Waals surface area contributed by atoms with Crippen LogP contribution in [-0.2, 0) is 6.42 Å². The Morgan fingerprint density at radius 2 is 1.94 bits per heavy atom. The van der Waals surface area contributed by atoms with Gasteiger partial charge < -0.3 is 20.1 Å². The molecule has 2 aromatic heterocycles. The number of likely N-dealkylation sites (N-methyl/N-ethyl adjacent to an activating group) is 1. The lowest BCUT2D eigenvalue weighted by molar-refractivity contribution is 0.0697. The molecule has 0 aliphatic carbocycles. The zero-order valence-corrected chi connectivity index (χ0v) is 19.8. The lowest BCUT2D eigenvalue weighted by atomic mass is 10.1. The Kier molecular flexibility index (Phi) is 8.10. The molecule has 0 aliphatic rings. The summed E-state index contributed by atoms with van der Waals surface area (Å²) >= 11 is 4.11. The maximum Gasteiger partial charge on any atom is 0.349 e. The second kappa shape index (κ2) is 10.8. The van der Waals surface area contributed by atoms with Crippen molar-refractivity contribution in [1.82, 2.24) is 14.9 Å². The number of thiophene rings is 1. The summed E-state index contributed by atoms with van der Waals surface area (Å²) in [6.45, 7) is 1.24. The topological polar surface area (TPSA) is 87.6 Å². The van der Waals surface area contributed by atoms with Gasteiger partial charge in [0.15, 0.2) is 4.88 Å². The van der Waals surface area contributed by atoms with E-state index in [1.165, 1.54) is 18.5 Å². The van der Waals surface area contributed by atoms with Crippen molar-refractivity contribution in [3.63, 3.8) is 0 Å². The minimum Gasteiger partial charge on any atom is -0.490 e. The van der Waals surface area contributed by atoms with Gasteiger partial charge in [-0.2, -0.15) is 0 Å². The second-order valence-electron chi connectivity index (χ2n) is 7.07. The molecular formula is C21H21BrF2N4O3S. The molecule has 0 atom stereocenters. The van der Waals surface area contributed by atoms with Gasteiger partial charge in [-0.15, -0.1) is 11.3 Å². The molecule has 0 bridgehead atoms. The number of halogens is 3. The third-order valence-corrected chi connectivity index (χ3v) is 5.98. The summed E-state index contributed by atoms with van der Waals surface area (Å²) < 4.78 is 33.9. The van der Waals surface area contributed by atoms with Crippen molar-refractivity contribution >= 4 is 39.1 Å². The summed E-state index contributed by atoms with van der Waals surface area (Å²) in [7, 11) is 3.80. The fraction of sp³-hybridized carbons (Fsp3) is 0.286. The van der Waals surface area contributed by atoms with Crippen LogP contribution in [0.1, 0.15) is 15.2 Å². The average Bonchev–Trinajstić information content (AvgIpc) is 3.14. The Hall–Kier alpha value is -2.63. The molecule has 3 aromatic rings. The summed E-state index contributed by atoms with van der Waals surface area (Å²) in [6, 6.07) is 5.73. The third kappa shape index (κ3) is 6.21. The van der Waals surface area contributed by atoms with Crippen LogP contribution in [0.5, 0.6) is 5.75 Å². The number of carbonyl (C=O) groups is 1. The lowest BCUT2D eigenvalue weighted by Crippen LogP contribution is -2.19. The molecule has 0 radical (unpaired) electrons. The number of carboxylic acids is 1. The van der Waals surface area contributed by atoms with E-state index in [1.54, 1.807) is 12.1 Å². The fourth-order valence-corrected chi connectivity index (χ4v) is 4.12. The fourth-order valence-electron chi connectivity index (χ4n) is 2.81. The summed E-state index contributed by atoms with van der Waals surface area (Å²) in [5.41, 5.74) is 0.498. The minimum atomic E-state index is -1.08. The number of benzene rings is 1. The van der Waals surface area contributed by atoms with Crippen LogP contribution in [0.4, 0.5) is 14.6 Å². The maximum atomic E-state index is 14.0. The Morgan fingerprint density at radius 1 is 1.22 bits per heavy atom. The molecule has 1 aromatic carbocycles. The van der Waals surface area contributed by atoms with Crippen molar-refractivity contribution in [2.45, 2.75) is 6.42 Å². The zero-order chi connectivity index (χ0) is 23.3. The average molecular weight is 527 g/mol. The third-order valence-electron chi connectivity index (χ3n) is 4.39. The van der Waals surface area contributed by atoms with Crippen molar-refractivity contribution in [3.05, 3.63) is 57.1 Å². The van der Waals surface area contributed by atoms with Gasteiger partial charge in [-0.25, -0.2) is 23.5 Å². The van der Waals surface area contributed by atoms with Crippen LogP contribution in [-0.4, -0.2) is 59.7 Å². The van der Waals surface area contributed by atoms with E-state index in [4.69, 9.17) is 4.74 Å². The van der Waals surface area contributed by atoms with E-state index in [-0.39, 0.29) is 29.2 Å². The highest BCUT2D eigenvalue weighted by atomic mass is 79.9. The molecule has 3 rings (SSSR count). The van der Waals surface area contributed by atoms with Crippen LogP contribution < -0.4 is 10.1 Å². The van der Waals surface area contributed by atoms with E-state index < -0.39 is 17.6 Å². The number of carboxylic acid groups (broad SMARTS) is 1. The van der Waals surface area contributed by atoms with Gasteiger partial charge in [0.25, 0.3) is 0 Å². The van der Waals surface area contributed by atoms with Gasteiger partial charge in [-0.1, -0.05) is 15.9 Å². The molecule has 32 heavy (non-hydrogen) atoms. The number of rotatable bonds is 10. The molecule has 0 spiro atoms. The number of ether oxygens (including phenoxy) is 1. The van der Waals surface area contributed by atoms with E-state index in [0.29, 0.717) is 34.0 Å². The van der Waals surface area contributed by atoms with Gasteiger partial charge in [0, 0.05) is 35.3 Å². The van der Waals surface area contributed by atoms with Gasteiger partial charge in [-0.05, 0) is 32.6 Å². The van der Waals surface area contributed by atoms with Crippen LogP contribution >= 0.6 is 27.3 Å². The van der Waals surface area contributed by atoms with Crippen LogP contribution in [0.3, 0.4) is 0 Å². The molecule has 2 N–H and O–H groups in total. The highest BCUT2D eigenvalue weighted by molar-refractivity contribution is 9.10. The smallest absolute Gasteiger partial charge is 0.349 e. The summed E-state index contributed by atoms with van der Waals surface area (Å²) in [5, 5.41) is 12.5. The Bertz CT molecular complexity index is 1090. The molecule has 7 nitrogen and oxygen atoms in total. The SMILES string of the molecule is CN(C)CCOc1cc(-c2cc(NCCc3c(F)cc(Br)cc3F)ncn2)sc1C(=O)O. The van der Waals surface area contributed by atoms with Gasteiger partial charge in [-0.3, -0.25) is 0 Å². The molecule has 170 valence electrons. The van der Waals surface area contributed by atoms with E-state index in [9.17, 15) is 18.7 Å². The Balaban J connectivity index is 1.71. The first-order chi connectivity index (χ1) is 15.2. The first-order valence-corrected chi connectivity index (χ1v) is 11.2. The van der Waals surface area contributed by atoms with Crippen molar-refractivity contribution in [1.29, 1.82) is 0 Å². The van der Waals surface area contributed by atoms with Gasteiger partial charge >= 0.3 is 5.97 Å². The summed E-state index contributed by atoms with van der Waals surface area (Å²) in [4.78, 5) is 22.6. The predicted octanol–water partition coefficient (Wildman–Crippen LogP) is 4.54. The maximum absolute atomic E-state index is 14.0. The van der Waals surface area contributed by atoms with Crippen LogP contribution in [0, 0.1) is 11.6 Å². The Labute approximate surface area is 196 Å². The quantitative estimate of drug-likeness (QED) is 0.401. The number of hydrogen-bond acceptors (Lipinski definition) is 7. The van der Waals surface area contributed by atoms with Crippen LogP contribution in [0.15, 0.2) is 35.1 Å². The van der Waals surface area contributed by atoms with E-state index in [0.717, 1.165) is 11.3 Å². The van der Waals surface area contributed by atoms with Crippen LogP contribution in [0.25, 0.3) is 10.6 Å². The summed E-state index contributed by atoms with van der Waals surface area (Å²) in [5.74, 6) is -1.58. The molecule has 0 fully saturated rings.